The van der Waals surface area contributed by atoms with E-state index in [4.69, 9.17) is 5.11 Å². The van der Waals surface area contributed by atoms with E-state index < -0.39 is 24.5 Å². The van der Waals surface area contributed by atoms with Gasteiger partial charge in [0.2, 0.25) is 0 Å². The molecule has 0 fully saturated rings. The maximum atomic E-state index is 10.7. The molecule has 5 nitrogen and oxygen atoms in total. The number of ether oxygens (including phenoxy) is 1. The summed E-state index contributed by atoms with van der Waals surface area (Å²) in [5.74, 6) is -2.42. The molecule has 1 N–H and O–H groups in total. The average Bonchev–Trinajstić information content (AvgIpc) is 1.84. The molecule has 0 bridgehead atoms. The van der Waals surface area contributed by atoms with Gasteiger partial charge in [0.1, 0.15) is 0 Å². The molecule has 70 valence electrons. The van der Waals surface area contributed by atoms with Crippen molar-refractivity contribution in [1.29, 1.82) is 0 Å². The van der Waals surface area contributed by atoms with Crippen molar-refractivity contribution in [1.82, 2.24) is 0 Å². The second-order valence-electron chi connectivity index (χ2n) is 2.58. The molecule has 1 unspecified atom stereocenters. The lowest BCUT2D eigenvalue weighted by molar-refractivity contribution is -0.307. The number of carbonyl (C=O) groups is 2. The van der Waals surface area contributed by atoms with Crippen LogP contribution in [0.3, 0.4) is 0 Å². The first-order valence-electron chi connectivity index (χ1n) is 3.52. The van der Waals surface area contributed by atoms with Crippen LogP contribution in [-0.2, 0) is 14.3 Å². The molecule has 5 heteroatoms. The van der Waals surface area contributed by atoms with E-state index in [9.17, 15) is 14.7 Å². The SMILES string of the molecule is CC(C)OC(=O)C(O)CC(=O)[O-]. The number of hydrogen-bond acceptors (Lipinski definition) is 5. The van der Waals surface area contributed by atoms with Crippen LogP contribution in [0, 0.1) is 0 Å². The van der Waals surface area contributed by atoms with E-state index in [2.05, 4.69) is 4.74 Å². The number of carboxylic acid groups (broad SMARTS) is 1. The number of carbonyl (C=O) groups excluding carboxylic acids is 2. The zero-order valence-corrected chi connectivity index (χ0v) is 6.94. The summed E-state index contributed by atoms with van der Waals surface area (Å²) in [6, 6.07) is 0. The van der Waals surface area contributed by atoms with E-state index in [0.29, 0.717) is 0 Å². The van der Waals surface area contributed by atoms with E-state index >= 15 is 0 Å². The topological polar surface area (TPSA) is 86.7 Å². The summed E-state index contributed by atoms with van der Waals surface area (Å²) in [7, 11) is 0. The second-order valence-corrected chi connectivity index (χ2v) is 2.58. The zero-order chi connectivity index (χ0) is 9.72. The van der Waals surface area contributed by atoms with Crippen molar-refractivity contribution in [3.8, 4) is 0 Å². The standard InChI is InChI=1S/C7H12O5/c1-4(2)12-7(11)5(8)3-6(9)10/h4-5,8H,3H2,1-2H3,(H,9,10)/p-1. The molecule has 0 spiro atoms. The van der Waals surface area contributed by atoms with Crippen LogP contribution in [0.5, 0.6) is 0 Å². The number of aliphatic hydroxyl groups excluding tert-OH is 1. The van der Waals surface area contributed by atoms with Crippen LogP contribution in [-0.4, -0.2) is 29.3 Å². The first-order chi connectivity index (χ1) is 5.43. The zero-order valence-electron chi connectivity index (χ0n) is 6.94. The predicted octanol–water partition coefficient (Wildman–Crippen LogP) is -1.56. The normalized spacial score (nSPS) is 12.7. The van der Waals surface area contributed by atoms with E-state index in [1.807, 2.05) is 0 Å². The molecule has 0 aliphatic carbocycles. The smallest absolute Gasteiger partial charge is 0.335 e. The Bertz CT molecular complexity index is 175. The van der Waals surface area contributed by atoms with Crippen molar-refractivity contribution in [2.75, 3.05) is 0 Å². The Balaban J connectivity index is 3.85. The molecule has 0 amide bonds. The molecule has 0 rings (SSSR count). The van der Waals surface area contributed by atoms with Crippen molar-refractivity contribution in [3.05, 3.63) is 0 Å². The third-order valence-electron chi connectivity index (χ3n) is 0.984. The van der Waals surface area contributed by atoms with Crippen molar-refractivity contribution < 1.29 is 24.5 Å². The van der Waals surface area contributed by atoms with Gasteiger partial charge >= 0.3 is 5.97 Å². The third-order valence-corrected chi connectivity index (χ3v) is 0.984. The summed E-state index contributed by atoms with van der Waals surface area (Å²) in [5, 5.41) is 18.8. The maximum absolute atomic E-state index is 10.7. The molecule has 0 aromatic rings. The lowest BCUT2D eigenvalue weighted by atomic mass is 10.2. The summed E-state index contributed by atoms with van der Waals surface area (Å²) < 4.78 is 4.53. The molecule has 0 saturated carbocycles. The van der Waals surface area contributed by atoms with Gasteiger partial charge in [0.15, 0.2) is 6.10 Å². The fraction of sp³-hybridized carbons (Fsp3) is 0.714. The minimum atomic E-state index is -1.63. The molecule has 12 heavy (non-hydrogen) atoms. The highest BCUT2D eigenvalue weighted by atomic mass is 16.6. The van der Waals surface area contributed by atoms with Gasteiger partial charge in [-0.05, 0) is 13.8 Å². The van der Waals surface area contributed by atoms with Crippen LogP contribution >= 0.6 is 0 Å². The van der Waals surface area contributed by atoms with Crippen molar-refractivity contribution in [2.24, 2.45) is 0 Å². The first kappa shape index (κ1) is 10.9. The molecular formula is C7H11O5-. The fourth-order valence-corrected chi connectivity index (χ4v) is 0.552. The second kappa shape index (κ2) is 4.71. The Hall–Kier alpha value is -1.10. The lowest BCUT2D eigenvalue weighted by Gasteiger charge is -2.12. The number of hydrogen-bond donors (Lipinski definition) is 1. The van der Waals surface area contributed by atoms with Gasteiger partial charge < -0.3 is 19.7 Å². The minimum Gasteiger partial charge on any atom is -0.550 e. The van der Waals surface area contributed by atoms with Gasteiger partial charge in [-0.1, -0.05) is 0 Å². The largest absolute Gasteiger partial charge is 0.550 e. The van der Waals surface area contributed by atoms with E-state index in [1.165, 1.54) is 0 Å². The van der Waals surface area contributed by atoms with Gasteiger partial charge in [-0.3, -0.25) is 0 Å². The van der Waals surface area contributed by atoms with Gasteiger partial charge in [-0.2, -0.15) is 0 Å². The van der Waals surface area contributed by atoms with Crippen molar-refractivity contribution in [2.45, 2.75) is 32.5 Å². The summed E-state index contributed by atoms with van der Waals surface area (Å²) in [6.07, 6.45) is -2.72. The van der Waals surface area contributed by atoms with Crippen LogP contribution in [0.1, 0.15) is 20.3 Å². The van der Waals surface area contributed by atoms with Gasteiger partial charge in [0.05, 0.1) is 6.10 Å². The fourth-order valence-electron chi connectivity index (χ4n) is 0.552. The van der Waals surface area contributed by atoms with Crippen LogP contribution in [0.15, 0.2) is 0 Å². The molecule has 0 heterocycles. The van der Waals surface area contributed by atoms with Gasteiger partial charge in [0.25, 0.3) is 0 Å². The van der Waals surface area contributed by atoms with Crippen molar-refractivity contribution >= 4 is 11.9 Å². The highest BCUT2D eigenvalue weighted by Crippen LogP contribution is 1.97. The Labute approximate surface area is 70.0 Å². The maximum Gasteiger partial charge on any atom is 0.335 e. The van der Waals surface area contributed by atoms with Crippen molar-refractivity contribution in [3.63, 3.8) is 0 Å². The highest BCUT2D eigenvalue weighted by molar-refractivity contribution is 5.80. The minimum absolute atomic E-state index is 0.367. The third kappa shape index (κ3) is 4.68. The predicted molar refractivity (Wildman–Crippen MR) is 36.9 cm³/mol. The molecule has 0 aliphatic rings. The molecule has 0 aliphatic heterocycles. The van der Waals surface area contributed by atoms with Gasteiger partial charge in [0, 0.05) is 12.4 Å². The van der Waals surface area contributed by atoms with E-state index in [0.717, 1.165) is 0 Å². The number of rotatable bonds is 4. The average molecular weight is 175 g/mol. The summed E-state index contributed by atoms with van der Waals surface area (Å²) in [6.45, 7) is 3.20. The van der Waals surface area contributed by atoms with Crippen LogP contribution in [0.2, 0.25) is 0 Å². The summed E-state index contributed by atoms with van der Waals surface area (Å²) >= 11 is 0. The molecule has 0 aromatic carbocycles. The molecule has 0 aromatic heterocycles. The van der Waals surface area contributed by atoms with Gasteiger partial charge in [-0.15, -0.1) is 0 Å². The summed E-state index contributed by atoms with van der Waals surface area (Å²) in [5.41, 5.74) is 0. The quantitative estimate of drug-likeness (QED) is 0.522. The summed E-state index contributed by atoms with van der Waals surface area (Å²) in [4.78, 5) is 20.6. The van der Waals surface area contributed by atoms with E-state index in [-0.39, 0.29) is 6.10 Å². The van der Waals surface area contributed by atoms with E-state index in [1.54, 1.807) is 13.8 Å². The Morgan fingerprint density at radius 1 is 1.50 bits per heavy atom. The monoisotopic (exact) mass is 175 g/mol. The Kier molecular flexibility index (Phi) is 4.28. The number of aliphatic hydroxyl groups is 1. The Morgan fingerprint density at radius 2 is 2.00 bits per heavy atom. The lowest BCUT2D eigenvalue weighted by Crippen LogP contribution is -2.33. The molecule has 1 atom stereocenters. The number of carboxylic acids is 1. The highest BCUT2D eigenvalue weighted by Gasteiger charge is 2.17. The molecule has 0 radical (unpaired) electrons. The van der Waals surface area contributed by atoms with Crippen LogP contribution in [0.25, 0.3) is 0 Å². The Morgan fingerprint density at radius 3 is 2.33 bits per heavy atom. The number of esters is 1. The molecular weight excluding hydrogens is 164 g/mol. The molecule has 0 saturated heterocycles. The first-order valence-corrected chi connectivity index (χ1v) is 3.52. The van der Waals surface area contributed by atoms with Crippen LogP contribution < -0.4 is 5.11 Å². The number of aliphatic carboxylic acids is 1. The van der Waals surface area contributed by atoms with Gasteiger partial charge in [-0.25, -0.2) is 4.79 Å². The van der Waals surface area contributed by atoms with Crippen LogP contribution in [0.4, 0.5) is 0 Å².